The molecule has 0 unspecified atom stereocenters. The number of thiazole rings is 1. The van der Waals surface area contributed by atoms with Gasteiger partial charge in [-0.3, -0.25) is 4.40 Å². The van der Waals surface area contributed by atoms with Crippen LogP contribution in [-0.2, 0) is 0 Å². The number of hydrogen-bond donors (Lipinski definition) is 1. The quantitative estimate of drug-likeness (QED) is 0.549. The van der Waals surface area contributed by atoms with E-state index in [1.54, 1.807) is 11.3 Å². The normalized spacial score (nSPS) is 11.0. The van der Waals surface area contributed by atoms with Gasteiger partial charge in [-0.25, -0.2) is 4.98 Å². The van der Waals surface area contributed by atoms with E-state index in [0.717, 1.165) is 38.9 Å². The number of benzene rings is 2. The molecule has 0 radical (unpaired) electrons. The third-order valence-corrected chi connectivity index (χ3v) is 4.72. The van der Waals surface area contributed by atoms with Gasteiger partial charge in [0.2, 0.25) is 0 Å². The van der Waals surface area contributed by atoms with E-state index < -0.39 is 0 Å². The monoisotopic (exact) mass is 335 g/mol. The molecule has 0 spiro atoms. The minimum atomic E-state index is 0.675. The van der Waals surface area contributed by atoms with Crippen LogP contribution in [0.2, 0.25) is 0 Å². The zero-order valence-corrected chi connectivity index (χ0v) is 14.1. The van der Waals surface area contributed by atoms with Crippen LogP contribution < -0.4 is 10.5 Å². The van der Waals surface area contributed by atoms with E-state index in [2.05, 4.69) is 28.1 Å². The van der Waals surface area contributed by atoms with Crippen LogP contribution in [0, 0.1) is 0 Å². The van der Waals surface area contributed by atoms with Gasteiger partial charge in [-0.15, -0.1) is 11.3 Å². The van der Waals surface area contributed by atoms with Crippen LogP contribution in [0.1, 0.15) is 6.92 Å². The fourth-order valence-electron chi connectivity index (χ4n) is 2.67. The summed E-state index contributed by atoms with van der Waals surface area (Å²) < 4.78 is 7.64. The summed E-state index contributed by atoms with van der Waals surface area (Å²) in [6, 6.07) is 16.0. The number of nitrogens with zero attached hydrogens (tertiary/aromatic N) is 2. The molecule has 2 aromatic heterocycles. The van der Waals surface area contributed by atoms with Crippen LogP contribution in [0.25, 0.3) is 27.5 Å². The first-order valence-corrected chi connectivity index (χ1v) is 8.68. The number of ether oxygens (including phenoxy) is 1. The van der Waals surface area contributed by atoms with Crippen LogP contribution >= 0.6 is 11.3 Å². The molecule has 2 N–H and O–H groups in total. The molecule has 4 nitrogen and oxygen atoms in total. The van der Waals surface area contributed by atoms with Crippen molar-refractivity contribution in [1.29, 1.82) is 0 Å². The second-order valence-corrected chi connectivity index (χ2v) is 6.32. The Balaban J connectivity index is 1.73. The number of aromatic nitrogens is 2. The Morgan fingerprint density at radius 1 is 1.04 bits per heavy atom. The van der Waals surface area contributed by atoms with Crippen molar-refractivity contribution in [3.63, 3.8) is 0 Å². The maximum Gasteiger partial charge on any atom is 0.194 e. The van der Waals surface area contributed by atoms with Crippen LogP contribution in [0.3, 0.4) is 0 Å². The summed E-state index contributed by atoms with van der Waals surface area (Å²) >= 11 is 1.64. The highest BCUT2D eigenvalue weighted by Gasteiger charge is 2.11. The van der Waals surface area contributed by atoms with Gasteiger partial charge in [-0.1, -0.05) is 12.1 Å². The zero-order chi connectivity index (χ0) is 16.5. The molecule has 0 fully saturated rings. The molecule has 0 bridgehead atoms. The summed E-state index contributed by atoms with van der Waals surface area (Å²) in [4.78, 5) is 5.70. The van der Waals surface area contributed by atoms with E-state index in [4.69, 9.17) is 15.5 Å². The molecule has 4 aromatic rings. The summed E-state index contributed by atoms with van der Waals surface area (Å²) in [6.07, 6.45) is 2.07. The lowest BCUT2D eigenvalue weighted by Crippen LogP contribution is -1.91. The molecule has 2 heterocycles. The topological polar surface area (TPSA) is 52.5 Å². The van der Waals surface area contributed by atoms with Crippen LogP contribution in [0.15, 0.2) is 60.1 Å². The average Bonchev–Trinajstić information content (AvgIpc) is 3.17. The molecule has 0 saturated carbocycles. The van der Waals surface area contributed by atoms with E-state index in [1.165, 1.54) is 0 Å². The molecule has 4 rings (SSSR count). The van der Waals surface area contributed by atoms with Gasteiger partial charge < -0.3 is 10.5 Å². The molecule has 0 atom stereocenters. The number of hydrogen-bond acceptors (Lipinski definition) is 4. The van der Waals surface area contributed by atoms with Gasteiger partial charge in [0.05, 0.1) is 18.0 Å². The molecule has 5 heteroatoms. The summed E-state index contributed by atoms with van der Waals surface area (Å²) in [5, 5.41) is 2.13. The number of fused-ring (bicyclic) bond motifs is 1. The first kappa shape index (κ1) is 14.8. The fraction of sp³-hybridized carbons (Fsp3) is 0.105. The van der Waals surface area contributed by atoms with Crippen molar-refractivity contribution in [3.05, 3.63) is 60.1 Å². The Morgan fingerprint density at radius 2 is 1.75 bits per heavy atom. The van der Waals surface area contributed by atoms with Gasteiger partial charge >= 0.3 is 0 Å². The number of nitrogen functional groups attached to an aromatic ring is 1. The smallest absolute Gasteiger partial charge is 0.194 e. The fourth-order valence-corrected chi connectivity index (χ4v) is 3.56. The molecule has 0 aliphatic heterocycles. The predicted octanol–water partition coefficient (Wildman–Crippen LogP) is 4.71. The van der Waals surface area contributed by atoms with E-state index in [0.29, 0.717) is 6.61 Å². The standard InChI is InChI=1S/C19H17N3OS/c1-2-23-16-9-5-14(6-10-16)18-12-24-19-21-17(11-22(18)19)13-3-7-15(20)8-4-13/h3-12H,2,20H2,1H3. The summed E-state index contributed by atoms with van der Waals surface area (Å²) in [7, 11) is 0. The van der Waals surface area contributed by atoms with Gasteiger partial charge in [0.25, 0.3) is 0 Å². The van der Waals surface area contributed by atoms with Gasteiger partial charge in [-0.05, 0) is 48.9 Å². The average molecular weight is 335 g/mol. The number of anilines is 1. The third-order valence-electron chi connectivity index (χ3n) is 3.88. The van der Waals surface area contributed by atoms with E-state index in [-0.39, 0.29) is 0 Å². The predicted molar refractivity (Wildman–Crippen MR) is 99.5 cm³/mol. The molecule has 24 heavy (non-hydrogen) atoms. The van der Waals surface area contributed by atoms with E-state index >= 15 is 0 Å². The Bertz CT molecular complexity index is 968. The lowest BCUT2D eigenvalue weighted by molar-refractivity contribution is 0.340. The largest absolute Gasteiger partial charge is 0.494 e. The number of imidazole rings is 1. The van der Waals surface area contributed by atoms with Crippen molar-refractivity contribution in [2.45, 2.75) is 6.92 Å². The Morgan fingerprint density at radius 3 is 2.46 bits per heavy atom. The van der Waals surface area contributed by atoms with Gasteiger partial charge in [0.1, 0.15) is 5.75 Å². The second-order valence-electron chi connectivity index (χ2n) is 5.48. The summed E-state index contributed by atoms with van der Waals surface area (Å²) in [5.74, 6) is 0.890. The van der Waals surface area contributed by atoms with Crippen LogP contribution in [0.4, 0.5) is 5.69 Å². The second kappa shape index (κ2) is 6.02. The van der Waals surface area contributed by atoms with Crippen molar-refractivity contribution in [2.75, 3.05) is 12.3 Å². The van der Waals surface area contributed by atoms with Crippen LogP contribution in [-0.4, -0.2) is 16.0 Å². The Kier molecular flexibility index (Phi) is 3.70. The van der Waals surface area contributed by atoms with Gasteiger partial charge in [0, 0.05) is 22.8 Å². The molecule has 0 saturated heterocycles. The van der Waals surface area contributed by atoms with Crippen molar-refractivity contribution < 1.29 is 4.74 Å². The molecular formula is C19H17N3OS. The molecule has 0 aliphatic rings. The Hall–Kier alpha value is -2.79. The van der Waals surface area contributed by atoms with Crippen molar-refractivity contribution >= 4 is 22.0 Å². The molecular weight excluding hydrogens is 318 g/mol. The highest BCUT2D eigenvalue weighted by Crippen LogP contribution is 2.30. The third kappa shape index (κ3) is 2.63. The van der Waals surface area contributed by atoms with Crippen molar-refractivity contribution in [1.82, 2.24) is 9.38 Å². The first-order valence-electron chi connectivity index (χ1n) is 7.80. The molecule has 2 aromatic carbocycles. The minimum Gasteiger partial charge on any atom is -0.494 e. The maximum absolute atomic E-state index is 5.76. The maximum atomic E-state index is 5.76. The first-order chi connectivity index (χ1) is 11.7. The Labute approximate surface area is 144 Å². The minimum absolute atomic E-state index is 0.675. The van der Waals surface area contributed by atoms with E-state index in [1.807, 2.05) is 43.3 Å². The SMILES string of the molecule is CCOc1ccc(-c2csc3nc(-c4ccc(N)cc4)cn23)cc1. The lowest BCUT2D eigenvalue weighted by atomic mass is 10.1. The van der Waals surface area contributed by atoms with Gasteiger partial charge in [-0.2, -0.15) is 0 Å². The van der Waals surface area contributed by atoms with E-state index in [9.17, 15) is 0 Å². The van der Waals surface area contributed by atoms with Crippen molar-refractivity contribution in [2.24, 2.45) is 0 Å². The number of rotatable bonds is 4. The van der Waals surface area contributed by atoms with Crippen molar-refractivity contribution in [3.8, 4) is 28.3 Å². The highest BCUT2D eigenvalue weighted by atomic mass is 32.1. The number of nitrogens with two attached hydrogens (primary N) is 1. The van der Waals surface area contributed by atoms with Crippen LogP contribution in [0.5, 0.6) is 5.75 Å². The molecule has 0 aliphatic carbocycles. The summed E-state index contributed by atoms with van der Waals surface area (Å²) in [6.45, 7) is 2.66. The lowest BCUT2D eigenvalue weighted by Gasteiger charge is -2.04. The zero-order valence-electron chi connectivity index (χ0n) is 13.3. The highest BCUT2D eigenvalue weighted by molar-refractivity contribution is 7.15. The summed E-state index contributed by atoms with van der Waals surface area (Å²) in [5.41, 5.74) is 10.8. The molecule has 120 valence electrons. The van der Waals surface area contributed by atoms with Gasteiger partial charge in [0.15, 0.2) is 4.96 Å². The molecule has 0 amide bonds.